The highest BCUT2D eigenvalue weighted by Gasteiger charge is 2.05. The van der Waals surface area contributed by atoms with E-state index in [9.17, 15) is 0 Å². The molecule has 2 heterocycles. The quantitative estimate of drug-likeness (QED) is 0.718. The van der Waals surface area contributed by atoms with Crippen molar-refractivity contribution in [3.63, 3.8) is 0 Å². The van der Waals surface area contributed by atoms with E-state index >= 15 is 0 Å². The van der Waals surface area contributed by atoms with Crippen LogP contribution >= 0.6 is 22.9 Å². The predicted molar refractivity (Wildman–Crippen MR) is 53.9 cm³/mol. The molecule has 62 valence electrons. The van der Waals surface area contributed by atoms with Gasteiger partial charge in [0.05, 0.1) is 15.6 Å². The normalized spacial score (nSPS) is 10.5. The minimum atomic E-state index is 0.789. The Bertz CT molecular complexity index is 389. The molecule has 2 aromatic heterocycles. The predicted octanol–water partition coefficient (Wildman–Crippen LogP) is 3.71. The van der Waals surface area contributed by atoms with Crippen LogP contribution in [0.4, 0.5) is 0 Å². The Kier molecular flexibility index (Phi) is 1.95. The summed E-state index contributed by atoms with van der Waals surface area (Å²) >= 11 is 7.70. The van der Waals surface area contributed by atoms with E-state index in [1.54, 1.807) is 11.3 Å². The van der Waals surface area contributed by atoms with Gasteiger partial charge in [-0.2, -0.15) is 0 Å². The Labute approximate surface area is 80.0 Å². The largest absolute Gasteiger partial charge is 0.359 e. The smallest absolute Gasteiger partial charge is 0.0744 e. The molecule has 0 aliphatic rings. The molecule has 0 saturated heterocycles. The van der Waals surface area contributed by atoms with Gasteiger partial charge in [0.25, 0.3) is 0 Å². The number of hydrogen-bond donors (Lipinski definition) is 1. The zero-order chi connectivity index (χ0) is 8.55. The molecular formula is C9H8ClNS. The lowest BCUT2D eigenvalue weighted by molar-refractivity contribution is 1.42. The van der Waals surface area contributed by atoms with Gasteiger partial charge < -0.3 is 4.98 Å². The summed E-state index contributed by atoms with van der Waals surface area (Å²) in [5.74, 6) is 0. The van der Waals surface area contributed by atoms with E-state index in [2.05, 4.69) is 24.0 Å². The van der Waals surface area contributed by atoms with Gasteiger partial charge in [-0.3, -0.25) is 0 Å². The molecule has 0 amide bonds. The number of rotatable bonds is 1. The molecule has 12 heavy (non-hydrogen) atoms. The topological polar surface area (TPSA) is 15.8 Å². The number of nitrogens with one attached hydrogen (secondary N) is 1. The molecule has 2 rings (SSSR count). The molecule has 0 saturated carbocycles. The second-order valence-corrected chi connectivity index (χ2v) is 4.31. The minimum Gasteiger partial charge on any atom is -0.359 e. The highest BCUT2D eigenvalue weighted by atomic mass is 35.5. The van der Waals surface area contributed by atoms with Crippen molar-refractivity contribution in [3.05, 3.63) is 34.3 Å². The first-order valence-electron chi connectivity index (χ1n) is 3.67. The van der Waals surface area contributed by atoms with Gasteiger partial charge in [-0.05, 0) is 25.1 Å². The van der Waals surface area contributed by atoms with Crippen molar-refractivity contribution in [1.29, 1.82) is 0 Å². The molecule has 0 radical (unpaired) electrons. The number of hydrogen-bond acceptors (Lipinski definition) is 1. The van der Waals surface area contributed by atoms with Gasteiger partial charge in [-0.15, -0.1) is 11.3 Å². The van der Waals surface area contributed by atoms with Crippen molar-refractivity contribution >= 4 is 22.9 Å². The SMILES string of the molecule is Cc1ccc(-c2[nH]ccc2Cl)s1. The molecule has 0 aromatic carbocycles. The summed E-state index contributed by atoms with van der Waals surface area (Å²) < 4.78 is 0. The van der Waals surface area contributed by atoms with E-state index < -0.39 is 0 Å². The number of aryl methyl sites for hydroxylation is 1. The monoisotopic (exact) mass is 197 g/mol. The lowest BCUT2D eigenvalue weighted by atomic mass is 10.3. The van der Waals surface area contributed by atoms with Crippen molar-refractivity contribution in [3.8, 4) is 10.6 Å². The first-order chi connectivity index (χ1) is 5.77. The van der Waals surface area contributed by atoms with Crippen LogP contribution in [-0.4, -0.2) is 4.98 Å². The van der Waals surface area contributed by atoms with Crippen LogP contribution < -0.4 is 0 Å². The molecule has 0 bridgehead atoms. The maximum atomic E-state index is 5.96. The number of halogens is 1. The first kappa shape index (κ1) is 7.90. The van der Waals surface area contributed by atoms with E-state index in [-0.39, 0.29) is 0 Å². The molecule has 1 nitrogen and oxygen atoms in total. The van der Waals surface area contributed by atoms with E-state index in [1.165, 1.54) is 9.75 Å². The van der Waals surface area contributed by atoms with Gasteiger partial charge in [0.15, 0.2) is 0 Å². The molecule has 2 aromatic rings. The minimum absolute atomic E-state index is 0.789. The molecular weight excluding hydrogens is 190 g/mol. The van der Waals surface area contributed by atoms with Crippen LogP contribution in [0.2, 0.25) is 5.02 Å². The zero-order valence-corrected chi connectivity index (χ0v) is 8.17. The van der Waals surface area contributed by atoms with E-state index in [0.717, 1.165) is 10.7 Å². The Morgan fingerprint density at radius 2 is 2.17 bits per heavy atom. The first-order valence-corrected chi connectivity index (χ1v) is 4.86. The summed E-state index contributed by atoms with van der Waals surface area (Å²) in [6, 6.07) is 6.04. The fraction of sp³-hybridized carbons (Fsp3) is 0.111. The maximum Gasteiger partial charge on any atom is 0.0744 e. The number of thiophene rings is 1. The van der Waals surface area contributed by atoms with Crippen LogP contribution in [0.25, 0.3) is 10.6 Å². The lowest BCUT2D eigenvalue weighted by Crippen LogP contribution is -1.69. The Morgan fingerprint density at radius 3 is 2.67 bits per heavy atom. The van der Waals surface area contributed by atoms with E-state index in [1.807, 2.05) is 12.3 Å². The average molecular weight is 198 g/mol. The molecule has 0 atom stereocenters. The van der Waals surface area contributed by atoms with Crippen LogP contribution in [0.15, 0.2) is 24.4 Å². The van der Waals surface area contributed by atoms with Gasteiger partial charge >= 0.3 is 0 Å². The van der Waals surface area contributed by atoms with Crippen molar-refractivity contribution in [2.45, 2.75) is 6.92 Å². The van der Waals surface area contributed by atoms with Crippen LogP contribution in [0.5, 0.6) is 0 Å². The fourth-order valence-electron chi connectivity index (χ4n) is 1.11. The van der Waals surface area contributed by atoms with Gasteiger partial charge in [0.1, 0.15) is 0 Å². The Morgan fingerprint density at radius 1 is 1.33 bits per heavy atom. The Balaban J connectivity index is 2.50. The van der Waals surface area contributed by atoms with Crippen LogP contribution in [0.3, 0.4) is 0 Å². The third-order valence-electron chi connectivity index (χ3n) is 1.68. The molecule has 0 unspecified atom stereocenters. The second kappa shape index (κ2) is 2.96. The van der Waals surface area contributed by atoms with Crippen molar-refractivity contribution in [1.82, 2.24) is 4.98 Å². The molecule has 0 fully saturated rings. The van der Waals surface area contributed by atoms with Crippen molar-refractivity contribution in [2.24, 2.45) is 0 Å². The Hall–Kier alpha value is -0.730. The van der Waals surface area contributed by atoms with Gasteiger partial charge in [0.2, 0.25) is 0 Å². The third-order valence-corrected chi connectivity index (χ3v) is 3.02. The number of aromatic amines is 1. The summed E-state index contributed by atoms with van der Waals surface area (Å²) in [5, 5.41) is 0.789. The summed E-state index contributed by atoms with van der Waals surface area (Å²) in [4.78, 5) is 5.61. The van der Waals surface area contributed by atoms with E-state index in [4.69, 9.17) is 11.6 Å². The highest BCUT2D eigenvalue weighted by Crippen LogP contribution is 2.31. The van der Waals surface area contributed by atoms with Gasteiger partial charge in [-0.1, -0.05) is 11.6 Å². The highest BCUT2D eigenvalue weighted by molar-refractivity contribution is 7.15. The fourth-order valence-corrected chi connectivity index (χ4v) is 2.27. The van der Waals surface area contributed by atoms with Crippen LogP contribution in [0.1, 0.15) is 4.88 Å². The van der Waals surface area contributed by atoms with Gasteiger partial charge in [0, 0.05) is 11.1 Å². The standard InChI is InChI=1S/C9H8ClNS/c1-6-2-3-8(12-6)9-7(10)4-5-11-9/h2-5,11H,1H3. The molecule has 0 spiro atoms. The van der Waals surface area contributed by atoms with Crippen molar-refractivity contribution < 1.29 is 0 Å². The summed E-state index contributed by atoms with van der Waals surface area (Å²) in [6.07, 6.45) is 1.85. The van der Waals surface area contributed by atoms with E-state index in [0.29, 0.717) is 0 Å². The summed E-state index contributed by atoms with van der Waals surface area (Å²) in [5.41, 5.74) is 1.02. The van der Waals surface area contributed by atoms with Gasteiger partial charge in [-0.25, -0.2) is 0 Å². The number of aromatic nitrogens is 1. The maximum absolute atomic E-state index is 5.96. The molecule has 0 aliphatic carbocycles. The zero-order valence-electron chi connectivity index (χ0n) is 6.60. The molecule has 1 N–H and O–H groups in total. The summed E-state index contributed by atoms with van der Waals surface area (Å²) in [6.45, 7) is 2.09. The van der Waals surface area contributed by atoms with Crippen LogP contribution in [-0.2, 0) is 0 Å². The van der Waals surface area contributed by atoms with Crippen molar-refractivity contribution in [2.75, 3.05) is 0 Å². The van der Waals surface area contributed by atoms with Crippen LogP contribution in [0, 0.1) is 6.92 Å². The molecule has 0 aliphatic heterocycles. The number of H-pyrrole nitrogens is 1. The third kappa shape index (κ3) is 1.28. The summed E-state index contributed by atoms with van der Waals surface area (Å²) in [7, 11) is 0. The average Bonchev–Trinajstić information content (AvgIpc) is 2.58. The second-order valence-electron chi connectivity index (χ2n) is 2.61. The lowest BCUT2D eigenvalue weighted by Gasteiger charge is -1.91. The molecule has 3 heteroatoms.